The number of hydrogen-bond acceptors (Lipinski definition) is 2. The van der Waals surface area contributed by atoms with Crippen molar-refractivity contribution in [3.63, 3.8) is 0 Å². The van der Waals surface area contributed by atoms with Gasteiger partial charge in [0, 0.05) is 19.1 Å². The van der Waals surface area contributed by atoms with Crippen LogP contribution in [0.25, 0.3) is 0 Å². The molecule has 1 aliphatic heterocycles. The van der Waals surface area contributed by atoms with Gasteiger partial charge in [0.2, 0.25) is 0 Å². The van der Waals surface area contributed by atoms with Crippen LogP contribution in [0.5, 0.6) is 0 Å². The molecule has 1 heterocycles. The van der Waals surface area contributed by atoms with Crippen molar-refractivity contribution in [3.05, 3.63) is 0 Å². The molecule has 2 nitrogen and oxygen atoms in total. The van der Waals surface area contributed by atoms with Gasteiger partial charge in [-0.2, -0.15) is 0 Å². The fraction of sp³-hybridized carbons (Fsp3) is 1.00. The number of piperidine rings is 1. The molecular weight excluding hydrogens is 184 g/mol. The first kappa shape index (κ1) is 10.1. The van der Waals surface area contributed by atoms with Gasteiger partial charge in [0.05, 0.1) is 0 Å². The highest BCUT2D eigenvalue weighted by Crippen LogP contribution is 2.35. The van der Waals surface area contributed by atoms with Crippen LogP contribution in [0.1, 0.15) is 38.5 Å². The van der Waals surface area contributed by atoms with E-state index in [9.17, 15) is 0 Å². The van der Waals surface area contributed by atoms with Crippen LogP contribution < -0.4 is 5.32 Å². The Morgan fingerprint density at radius 2 is 1.73 bits per heavy atom. The molecule has 0 spiro atoms. The summed E-state index contributed by atoms with van der Waals surface area (Å²) in [5, 5.41) is 3.54. The van der Waals surface area contributed by atoms with Gasteiger partial charge >= 0.3 is 0 Å². The second-order valence-electron chi connectivity index (χ2n) is 5.84. The minimum absolute atomic E-state index is 0.943. The standard InChI is InChI=1S/C13H24N2/c1-2-12(8-14-7-1)10-15(13-5-6-13)9-11-3-4-11/h11-14H,1-10H2. The highest BCUT2D eigenvalue weighted by atomic mass is 15.2. The van der Waals surface area contributed by atoms with Crippen molar-refractivity contribution >= 4 is 0 Å². The molecule has 1 unspecified atom stereocenters. The Morgan fingerprint density at radius 3 is 2.33 bits per heavy atom. The van der Waals surface area contributed by atoms with Crippen LogP contribution in [0.2, 0.25) is 0 Å². The van der Waals surface area contributed by atoms with E-state index in [1.54, 1.807) is 0 Å². The summed E-state index contributed by atoms with van der Waals surface area (Å²) in [5.74, 6) is 2.01. The Hall–Kier alpha value is -0.0800. The molecule has 3 rings (SSSR count). The Kier molecular flexibility index (Phi) is 2.98. The van der Waals surface area contributed by atoms with Gasteiger partial charge in [0.25, 0.3) is 0 Å². The summed E-state index contributed by atoms with van der Waals surface area (Å²) in [6, 6.07) is 0.979. The lowest BCUT2D eigenvalue weighted by Gasteiger charge is -2.30. The van der Waals surface area contributed by atoms with E-state index in [-0.39, 0.29) is 0 Å². The van der Waals surface area contributed by atoms with Crippen LogP contribution in [-0.2, 0) is 0 Å². The molecule has 3 aliphatic rings. The van der Waals surface area contributed by atoms with E-state index in [0.29, 0.717) is 0 Å². The first-order valence-electron chi connectivity index (χ1n) is 6.86. The Bertz CT molecular complexity index is 203. The largest absolute Gasteiger partial charge is 0.316 e. The fourth-order valence-electron chi connectivity index (χ4n) is 2.86. The van der Waals surface area contributed by atoms with Gasteiger partial charge in [-0.1, -0.05) is 0 Å². The molecule has 15 heavy (non-hydrogen) atoms. The highest BCUT2D eigenvalue weighted by molar-refractivity contribution is 4.89. The van der Waals surface area contributed by atoms with Gasteiger partial charge < -0.3 is 5.32 Å². The van der Waals surface area contributed by atoms with Crippen molar-refractivity contribution in [1.82, 2.24) is 10.2 Å². The monoisotopic (exact) mass is 208 g/mol. The van der Waals surface area contributed by atoms with E-state index in [4.69, 9.17) is 0 Å². The van der Waals surface area contributed by atoms with Gasteiger partial charge in [0.1, 0.15) is 0 Å². The molecule has 1 saturated heterocycles. The molecule has 0 aromatic carbocycles. The summed E-state index contributed by atoms with van der Waals surface area (Å²) in [4.78, 5) is 2.81. The molecule has 2 saturated carbocycles. The van der Waals surface area contributed by atoms with Crippen LogP contribution >= 0.6 is 0 Å². The van der Waals surface area contributed by atoms with Crippen LogP contribution in [0.3, 0.4) is 0 Å². The molecule has 86 valence electrons. The molecule has 0 bridgehead atoms. The third kappa shape index (κ3) is 2.94. The zero-order valence-electron chi connectivity index (χ0n) is 9.75. The van der Waals surface area contributed by atoms with Gasteiger partial charge in [0.15, 0.2) is 0 Å². The summed E-state index contributed by atoms with van der Waals surface area (Å²) in [6.45, 7) is 5.33. The van der Waals surface area contributed by atoms with Crippen LogP contribution in [0.4, 0.5) is 0 Å². The Balaban J connectivity index is 1.47. The first-order chi connectivity index (χ1) is 7.42. The van der Waals surface area contributed by atoms with E-state index in [1.807, 2.05) is 0 Å². The first-order valence-corrected chi connectivity index (χ1v) is 6.86. The summed E-state index contributed by atoms with van der Waals surface area (Å²) < 4.78 is 0. The zero-order chi connectivity index (χ0) is 10.1. The normalized spacial score (nSPS) is 32.2. The molecule has 1 N–H and O–H groups in total. The molecular formula is C13H24N2. The molecule has 0 radical (unpaired) electrons. The summed E-state index contributed by atoms with van der Waals surface area (Å²) in [5.41, 5.74) is 0. The maximum Gasteiger partial charge on any atom is 0.00966 e. The third-order valence-corrected chi connectivity index (χ3v) is 4.14. The molecule has 0 aromatic rings. The number of rotatable bonds is 5. The van der Waals surface area contributed by atoms with E-state index in [2.05, 4.69) is 10.2 Å². The van der Waals surface area contributed by atoms with Gasteiger partial charge in [-0.3, -0.25) is 4.90 Å². The quantitative estimate of drug-likeness (QED) is 0.742. The zero-order valence-corrected chi connectivity index (χ0v) is 9.75. The molecule has 0 aromatic heterocycles. The van der Waals surface area contributed by atoms with Crippen molar-refractivity contribution in [2.75, 3.05) is 26.2 Å². The molecule has 2 heteroatoms. The lowest BCUT2D eigenvalue weighted by molar-refractivity contribution is 0.193. The van der Waals surface area contributed by atoms with Crippen molar-refractivity contribution < 1.29 is 0 Å². The fourth-order valence-corrected chi connectivity index (χ4v) is 2.86. The Labute approximate surface area is 93.4 Å². The predicted molar refractivity (Wildman–Crippen MR) is 62.9 cm³/mol. The van der Waals surface area contributed by atoms with Crippen LogP contribution in [0, 0.1) is 11.8 Å². The Morgan fingerprint density at radius 1 is 0.933 bits per heavy atom. The highest BCUT2D eigenvalue weighted by Gasteiger charge is 2.34. The van der Waals surface area contributed by atoms with Crippen molar-refractivity contribution in [2.24, 2.45) is 11.8 Å². The van der Waals surface area contributed by atoms with Crippen LogP contribution in [0.15, 0.2) is 0 Å². The summed E-state index contributed by atoms with van der Waals surface area (Å²) in [7, 11) is 0. The predicted octanol–water partition coefficient (Wildman–Crippen LogP) is 1.86. The second-order valence-corrected chi connectivity index (χ2v) is 5.84. The minimum atomic E-state index is 0.943. The topological polar surface area (TPSA) is 15.3 Å². The molecule has 2 aliphatic carbocycles. The van der Waals surface area contributed by atoms with Crippen molar-refractivity contribution in [2.45, 2.75) is 44.6 Å². The smallest absolute Gasteiger partial charge is 0.00966 e. The maximum atomic E-state index is 3.54. The molecule has 1 atom stereocenters. The SMILES string of the molecule is C1CNCC(CN(CC2CC2)C2CC2)C1. The number of nitrogens with one attached hydrogen (secondary N) is 1. The third-order valence-electron chi connectivity index (χ3n) is 4.14. The van der Waals surface area contributed by atoms with Crippen molar-refractivity contribution in [1.29, 1.82) is 0 Å². The summed E-state index contributed by atoms with van der Waals surface area (Å²) >= 11 is 0. The van der Waals surface area contributed by atoms with Crippen LogP contribution in [-0.4, -0.2) is 37.1 Å². The van der Waals surface area contributed by atoms with E-state index < -0.39 is 0 Å². The number of hydrogen-bond donors (Lipinski definition) is 1. The van der Waals surface area contributed by atoms with Gasteiger partial charge in [-0.05, 0) is 63.5 Å². The second kappa shape index (κ2) is 4.42. The summed E-state index contributed by atoms with van der Waals surface area (Å²) in [6.07, 6.45) is 8.82. The average molecular weight is 208 g/mol. The van der Waals surface area contributed by atoms with E-state index in [1.165, 1.54) is 64.7 Å². The molecule has 3 fully saturated rings. The molecule has 0 amide bonds. The number of nitrogens with zero attached hydrogens (tertiary/aromatic N) is 1. The van der Waals surface area contributed by atoms with Gasteiger partial charge in [-0.25, -0.2) is 0 Å². The lowest BCUT2D eigenvalue weighted by Crippen LogP contribution is -2.40. The van der Waals surface area contributed by atoms with Crippen molar-refractivity contribution in [3.8, 4) is 0 Å². The van der Waals surface area contributed by atoms with E-state index >= 15 is 0 Å². The van der Waals surface area contributed by atoms with Gasteiger partial charge in [-0.15, -0.1) is 0 Å². The van der Waals surface area contributed by atoms with E-state index in [0.717, 1.165) is 17.9 Å². The maximum absolute atomic E-state index is 3.54. The lowest BCUT2D eigenvalue weighted by atomic mass is 9.99. The minimum Gasteiger partial charge on any atom is -0.316 e. The average Bonchev–Trinajstić information content (AvgIpc) is 3.13.